The molecular formula is C21H27N3O4. The van der Waals surface area contributed by atoms with Gasteiger partial charge in [0, 0.05) is 35.6 Å². The van der Waals surface area contributed by atoms with E-state index in [-0.39, 0.29) is 23.7 Å². The summed E-state index contributed by atoms with van der Waals surface area (Å²) in [5.74, 6) is 0.428. The van der Waals surface area contributed by atoms with E-state index in [4.69, 9.17) is 4.74 Å². The summed E-state index contributed by atoms with van der Waals surface area (Å²) < 4.78 is 6.17. The standard InChI is InChI=1S/C21H27N3O4/c1-22-19(26)17(4-2-11-25)24-12-15-14(20(24)27)5-6-16-18(15)28-13-21(16)7-3-9-23-10-8-21/h5-6,11,17,23H,2-4,7-10,12-13H2,1H3,(H,22,26). The summed E-state index contributed by atoms with van der Waals surface area (Å²) in [7, 11) is 1.55. The highest BCUT2D eigenvalue weighted by Gasteiger charge is 2.45. The average molecular weight is 385 g/mol. The van der Waals surface area contributed by atoms with E-state index in [0.29, 0.717) is 25.1 Å². The molecule has 3 aliphatic rings. The lowest BCUT2D eigenvalue weighted by atomic mass is 9.75. The van der Waals surface area contributed by atoms with Gasteiger partial charge in [-0.15, -0.1) is 0 Å². The van der Waals surface area contributed by atoms with E-state index in [1.807, 2.05) is 12.1 Å². The number of aldehydes is 1. The molecule has 1 saturated heterocycles. The molecular weight excluding hydrogens is 358 g/mol. The topological polar surface area (TPSA) is 87.7 Å². The van der Waals surface area contributed by atoms with Crippen molar-refractivity contribution in [3.8, 4) is 5.75 Å². The maximum atomic E-state index is 13.0. The molecule has 0 saturated carbocycles. The Morgan fingerprint density at radius 3 is 3.04 bits per heavy atom. The monoisotopic (exact) mass is 385 g/mol. The zero-order valence-corrected chi connectivity index (χ0v) is 16.3. The Kier molecular flexibility index (Phi) is 5.10. The van der Waals surface area contributed by atoms with Crippen molar-refractivity contribution in [2.75, 3.05) is 26.7 Å². The molecule has 0 aromatic heterocycles. The van der Waals surface area contributed by atoms with Gasteiger partial charge in [0.25, 0.3) is 5.91 Å². The number of hydrogen-bond donors (Lipinski definition) is 2. The Morgan fingerprint density at radius 2 is 2.25 bits per heavy atom. The highest BCUT2D eigenvalue weighted by Crippen LogP contribution is 2.49. The second-order valence-electron chi connectivity index (χ2n) is 7.95. The SMILES string of the molecule is CNC(=O)C(CCC=O)N1Cc2c(ccc3c2OCC32CCCNCC2)C1=O. The number of ether oxygens (including phenoxy) is 1. The summed E-state index contributed by atoms with van der Waals surface area (Å²) in [5.41, 5.74) is 2.72. The van der Waals surface area contributed by atoms with Crippen LogP contribution in [0, 0.1) is 0 Å². The van der Waals surface area contributed by atoms with Crippen LogP contribution in [0.5, 0.6) is 5.75 Å². The lowest BCUT2D eigenvalue weighted by Gasteiger charge is -2.25. The van der Waals surface area contributed by atoms with E-state index in [0.717, 1.165) is 50.0 Å². The van der Waals surface area contributed by atoms with Gasteiger partial charge in [-0.3, -0.25) is 9.59 Å². The first-order chi connectivity index (χ1) is 13.6. The Hall–Kier alpha value is -2.41. The van der Waals surface area contributed by atoms with Gasteiger partial charge in [-0.05, 0) is 44.8 Å². The molecule has 2 atom stereocenters. The fraction of sp³-hybridized carbons (Fsp3) is 0.571. The molecule has 2 N–H and O–H groups in total. The van der Waals surface area contributed by atoms with Gasteiger partial charge in [0.15, 0.2) is 0 Å². The van der Waals surface area contributed by atoms with Crippen molar-refractivity contribution in [1.82, 2.24) is 15.5 Å². The maximum Gasteiger partial charge on any atom is 0.255 e. The molecule has 3 heterocycles. The Morgan fingerprint density at radius 1 is 1.39 bits per heavy atom. The van der Waals surface area contributed by atoms with Gasteiger partial charge in [0.2, 0.25) is 5.91 Å². The van der Waals surface area contributed by atoms with E-state index < -0.39 is 6.04 Å². The highest BCUT2D eigenvalue weighted by atomic mass is 16.5. The van der Waals surface area contributed by atoms with Crippen molar-refractivity contribution < 1.29 is 19.1 Å². The number of carbonyl (C=O) groups is 3. The number of carbonyl (C=O) groups excluding carboxylic acids is 3. The second kappa shape index (κ2) is 7.54. The van der Waals surface area contributed by atoms with Crippen molar-refractivity contribution in [2.45, 2.75) is 50.1 Å². The quantitative estimate of drug-likeness (QED) is 0.742. The third-order valence-electron chi connectivity index (χ3n) is 6.42. The summed E-state index contributed by atoms with van der Waals surface area (Å²) in [6, 6.07) is 3.29. The summed E-state index contributed by atoms with van der Waals surface area (Å²) in [5, 5.41) is 6.08. The molecule has 28 heavy (non-hydrogen) atoms. The van der Waals surface area contributed by atoms with Crippen LogP contribution in [0.1, 0.15) is 53.6 Å². The van der Waals surface area contributed by atoms with Crippen molar-refractivity contribution in [3.05, 3.63) is 28.8 Å². The maximum absolute atomic E-state index is 13.0. The van der Waals surface area contributed by atoms with Gasteiger partial charge >= 0.3 is 0 Å². The average Bonchev–Trinajstić information content (AvgIpc) is 3.12. The molecule has 1 aromatic rings. The van der Waals surface area contributed by atoms with E-state index in [9.17, 15) is 14.4 Å². The molecule has 1 aromatic carbocycles. The van der Waals surface area contributed by atoms with Crippen LogP contribution in [-0.2, 0) is 21.5 Å². The molecule has 2 unspecified atom stereocenters. The number of nitrogens with one attached hydrogen (secondary N) is 2. The predicted molar refractivity (Wildman–Crippen MR) is 103 cm³/mol. The molecule has 7 heteroatoms. The molecule has 1 spiro atoms. The number of amides is 2. The van der Waals surface area contributed by atoms with E-state index in [1.165, 1.54) is 5.56 Å². The number of hydrogen-bond acceptors (Lipinski definition) is 5. The van der Waals surface area contributed by atoms with E-state index in [2.05, 4.69) is 10.6 Å². The van der Waals surface area contributed by atoms with Crippen LogP contribution in [-0.4, -0.2) is 55.8 Å². The first kappa shape index (κ1) is 18.9. The number of fused-ring (bicyclic) bond motifs is 4. The largest absolute Gasteiger partial charge is 0.492 e. The third kappa shape index (κ3) is 2.98. The van der Waals surface area contributed by atoms with Gasteiger partial charge in [0.05, 0.1) is 13.2 Å². The minimum absolute atomic E-state index is 0.0159. The molecule has 0 bridgehead atoms. The van der Waals surface area contributed by atoms with Crippen LogP contribution in [0.3, 0.4) is 0 Å². The summed E-state index contributed by atoms with van der Waals surface area (Å²) in [4.78, 5) is 37.8. The molecule has 3 aliphatic heterocycles. The van der Waals surface area contributed by atoms with Crippen molar-refractivity contribution in [2.24, 2.45) is 0 Å². The first-order valence-electron chi connectivity index (χ1n) is 10.1. The first-order valence-corrected chi connectivity index (χ1v) is 10.1. The fourth-order valence-corrected chi connectivity index (χ4v) is 4.87. The van der Waals surface area contributed by atoms with Gasteiger partial charge in [-0.25, -0.2) is 0 Å². The summed E-state index contributed by atoms with van der Waals surface area (Å²) in [6.07, 6.45) is 4.55. The molecule has 150 valence electrons. The lowest BCUT2D eigenvalue weighted by Crippen LogP contribution is -2.46. The lowest BCUT2D eigenvalue weighted by molar-refractivity contribution is -0.125. The van der Waals surface area contributed by atoms with Gasteiger partial charge in [-0.2, -0.15) is 0 Å². The Bertz CT molecular complexity index is 799. The smallest absolute Gasteiger partial charge is 0.255 e. The number of likely N-dealkylation sites (N-methyl/N-ethyl adjacent to an activating group) is 1. The molecule has 1 fully saturated rings. The normalized spacial score (nSPS) is 24.3. The number of nitrogens with zero attached hydrogens (tertiary/aromatic N) is 1. The van der Waals surface area contributed by atoms with Gasteiger partial charge in [-0.1, -0.05) is 6.07 Å². The number of benzene rings is 1. The second-order valence-corrected chi connectivity index (χ2v) is 7.95. The zero-order valence-electron chi connectivity index (χ0n) is 16.3. The van der Waals surface area contributed by atoms with Crippen molar-refractivity contribution in [1.29, 1.82) is 0 Å². The molecule has 7 nitrogen and oxygen atoms in total. The summed E-state index contributed by atoms with van der Waals surface area (Å²) in [6.45, 7) is 3.00. The van der Waals surface area contributed by atoms with Crippen LogP contribution < -0.4 is 15.4 Å². The molecule has 2 amide bonds. The minimum atomic E-state index is -0.650. The van der Waals surface area contributed by atoms with Crippen LogP contribution in [0.4, 0.5) is 0 Å². The van der Waals surface area contributed by atoms with Gasteiger partial charge < -0.3 is 25.1 Å². The predicted octanol–water partition coefficient (Wildman–Crippen LogP) is 1.14. The molecule has 4 rings (SSSR count). The van der Waals surface area contributed by atoms with Crippen molar-refractivity contribution >= 4 is 18.1 Å². The minimum Gasteiger partial charge on any atom is -0.492 e. The van der Waals surface area contributed by atoms with Crippen LogP contribution in [0.25, 0.3) is 0 Å². The van der Waals surface area contributed by atoms with E-state index >= 15 is 0 Å². The third-order valence-corrected chi connectivity index (χ3v) is 6.42. The highest BCUT2D eigenvalue weighted by molar-refractivity contribution is 6.02. The van der Waals surface area contributed by atoms with Crippen LogP contribution >= 0.6 is 0 Å². The Balaban J connectivity index is 1.66. The molecule has 0 aliphatic carbocycles. The molecule has 0 radical (unpaired) electrons. The van der Waals surface area contributed by atoms with Crippen LogP contribution in [0.2, 0.25) is 0 Å². The zero-order chi connectivity index (χ0) is 19.7. The summed E-state index contributed by atoms with van der Waals surface area (Å²) >= 11 is 0. The van der Waals surface area contributed by atoms with Crippen molar-refractivity contribution in [3.63, 3.8) is 0 Å². The fourth-order valence-electron chi connectivity index (χ4n) is 4.87. The van der Waals surface area contributed by atoms with Crippen LogP contribution in [0.15, 0.2) is 12.1 Å². The number of rotatable bonds is 5. The van der Waals surface area contributed by atoms with E-state index in [1.54, 1.807) is 11.9 Å². The van der Waals surface area contributed by atoms with Gasteiger partial charge in [0.1, 0.15) is 18.1 Å². The Labute approximate surface area is 164 Å².